The summed E-state index contributed by atoms with van der Waals surface area (Å²) in [7, 11) is 1.34. The third-order valence-electron chi connectivity index (χ3n) is 2.18. The Balaban J connectivity index is 2.34. The molecule has 0 aliphatic heterocycles. The van der Waals surface area contributed by atoms with Gasteiger partial charge in [0.05, 0.1) is 31.3 Å². The summed E-state index contributed by atoms with van der Waals surface area (Å²) in [5.74, 6) is -1.50. The highest BCUT2D eigenvalue weighted by molar-refractivity contribution is 5.83. The minimum atomic E-state index is -1.24. The monoisotopic (exact) mass is 225 g/mol. The number of carbonyl (C=O) groups is 2. The molecule has 0 radical (unpaired) electrons. The van der Waals surface area contributed by atoms with Crippen molar-refractivity contribution in [2.75, 3.05) is 7.11 Å². The summed E-state index contributed by atoms with van der Waals surface area (Å²) in [6, 6.07) is 0. The van der Waals surface area contributed by atoms with Gasteiger partial charge in [0.1, 0.15) is 0 Å². The second-order valence-electron chi connectivity index (χ2n) is 3.29. The molecule has 6 heteroatoms. The number of methoxy groups -OCH3 is 1. The summed E-state index contributed by atoms with van der Waals surface area (Å²) in [4.78, 5) is 25.2. The summed E-state index contributed by atoms with van der Waals surface area (Å²) < 4.78 is 5.98. The summed E-state index contributed by atoms with van der Waals surface area (Å²) in [5.41, 5.74) is 0.0538. The van der Waals surface area contributed by atoms with Gasteiger partial charge >= 0.3 is 5.97 Å². The van der Waals surface area contributed by atoms with Crippen LogP contribution in [0.1, 0.15) is 29.8 Å². The van der Waals surface area contributed by atoms with E-state index in [1.807, 2.05) is 0 Å². The number of rotatable bonds is 6. The molecule has 6 nitrogen and oxygen atoms in total. The van der Waals surface area contributed by atoms with Gasteiger partial charge in [-0.25, -0.2) is 4.98 Å². The van der Waals surface area contributed by atoms with Gasteiger partial charge in [0.25, 0.3) is 0 Å². The van der Waals surface area contributed by atoms with Crippen LogP contribution in [-0.4, -0.2) is 28.6 Å². The van der Waals surface area contributed by atoms with E-state index >= 15 is 0 Å². The fourth-order valence-corrected chi connectivity index (χ4v) is 1.32. The number of carboxylic acids is 1. The standard InChI is InChI=1S/C10H14N2O4/c1-16-9(13)4-2-3-5-12-7-11-6-8(12)10(14)15/h6-7H,2-5H2,1H3,(H,14,15)/p-1. The number of unbranched alkanes of at least 4 members (excludes halogenated alkanes) is 1. The van der Waals surface area contributed by atoms with Crippen LogP contribution in [0.5, 0.6) is 0 Å². The smallest absolute Gasteiger partial charge is 0.305 e. The molecule has 0 atom stereocenters. The van der Waals surface area contributed by atoms with E-state index in [1.165, 1.54) is 24.2 Å². The van der Waals surface area contributed by atoms with Crippen molar-refractivity contribution in [3.05, 3.63) is 18.2 Å². The van der Waals surface area contributed by atoms with Gasteiger partial charge in [-0.15, -0.1) is 0 Å². The molecule has 0 saturated heterocycles. The highest BCUT2D eigenvalue weighted by Gasteiger charge is 2.03. The lowest BCUT2D eigenvalue weighted by Crippen LogP contribution is -2.25. The minimum absolute atomic E-state index is 0.0538. The molecule has 0 N–H and O–H groups in total. The van der Waals surface area contributed by atoms with Crippen LogP contribution in [-0.2, 0) is 16.1 Å². The molecule has 1 rings (SSSR count). The van der Waals surface area contributed by atoms with Gasteiger partial charge in [0.2, 0.25) is 0 Å². The van der Waals surface area contributed by atoms with Crippen molar-refractivity contribution in [1.82, 2.24) is 9.55 Å². The zero-order valence-electron chi connectivity index (χ0n) is 9.01. The van der Waals surface area contributed by atoms with Crippen molar-refractivity contribution < 1.29 is 19.4 Å². The average molecular weight is 225 g/mol. The van der Waals surface area contributed by atoms with Crippen molar-refractivity contribution in [2.45, 2.75) is 25.8 Å². The van der Waals surface area contributed by atoms with Crippen LogP contribution in [0.2, 0.25) is 0 Å². The van der Waals surface area contributed by atoms with E-state index in [0.717, 1.165) is 0 Å². The lowest BCUT2D eigenvalue weighted by Gasteiger charge is -2.07. The molecule has 0 bridgehead atoms. The summed E-state index contributed by atoms with van der Waals surface area (Å²) in [6.45, 7) is 0.500. The number of nitrogens with zero attached hydrogens (tertiary/aromatic N) is 2. The molecule has 1 heterocycles. The molecule has 0 aliphatic carbocycles. The van der Waals surface area contributed by atoms with Gasteiger partial charge in [-0.1, -0.05) is 0 Å². The van der Waals surface area contributed by atoms with Crippen LogP contribution in [0.3, 0.4) is 0 Å². The van der Waals surface area contributed by atoms with E-state index in [1.54, 1.807) is 0 Å². The number of aromatic nitrogens is 2. The predicted octanol–water partition coefficient (Wildman–Crippen LogP) is -0.410. The molecule has 1 aromatic rings. The van der Waals surface area contributed by atoms with Gasteiger partial charge in [0.15, 0.2) is 0 Å². The topological polar surface area (TPSA) is 84.2 Å². The fourth-order valence-electron chi connectivity index (χ4n) is 1.32. The SMILES string of the molecule is COC(=O)CCCCn1cncc1C(=O)[O-]. The van der Waals surface area contributed by atoms with Crippen LogP contribution in [0.15, 0.2) is 12.5 Å². The van der Waals surface area contributed by atoms with Crippen molar-refractivity contribution in [3.8, 4) is 0 Å². The number of aryl methyl sites for hydroxylation is 1. The Hall–Kier alpha value is -1.85. The lowest BCUT2D eigenvalue weighted by atomic mass is 10.2. The number of hydrogen-bond acceptors (Lipinski definition) is 5. The van der Waals surface area contributed by atoms with E-state index in [0.29, 0.717) is 25.8 Å². The molecule has 0 aromatic carbocycles. The normalized spacial score (nSPS) is 10.1. The third-order valence-corrected chi connectivity index (χ3v) is 2.18. The highest BCUT2D eigenvalue weighted by Crippen LogP contribution is 2.03. The van der Waals surface area contributed by atoms with E-state index in [-0.39, 0.29) is 11.7 Å². The second-order valence-corrected chi connectivity index (χ2v) is 3.29. The number of hydrogen-bond donors (Lipinski definition) is 0. The van der Waals surface area contributed by atoms with Crippen molar-refractivity contribution in [3.63, 3.8) is 0 Å². The Morgan fingerprint density at radius 3 is 2.88 bits per heavy atom. The Labute approximate surface area is 92.9 Å². The number of ether oxygens (including phenoxy) is 1. The molecule has 0 spiro atoms. The van der Waals surface area contributed by atoms with Crippen molar-refractivity contribution >= 4 is 11.9 Å². The lowest BCUT2D eigenvalue weighted by molar-refractivity contribution is -0.255. The predicted molar refractivity (Wildman–Crippen MR) is 52.4 cm³/mol. The maximum Gasteiger partial charge on any atom is 0.305 e. The first-order valence-corrected chi connectivity index (χ1v) is 4.93. The minimum Gasteiger partial charge on any atom is -0.543 e. The fraction of sp³-hybridized carbons (Fsp3) is 0.500. The highest BCUT2D eigenvalue weighted by atomic mass is 16.5. The first-order valence-electron chi connectivity index (χ1n) is 4.93. The van der Waals surface area contributed by atoms with Gasteiger partial charge in [-0.2, -0.15) is 0 Å². The van der Waals surface area contributed by atoms with Gasteiger partial charge in [-0.05, 0) is 12.8 Å². The number of carbonyl (C=O) groups excluding carboxylic acids is 2. The van der Waals surface area contributed by atoms with E-state index in [4.69, 9.17) is 0 Å². The number of aromatic carboxylic acids is 1. The second kappa shape index (κ2) is 5.89. The van der Waals surface area contributed by atoms with Crippen LogP contribution in [0, 0.1) is 0 Å². The van der Waals surface area contributed by atoms with Crippen LogP contribution in [0.4, 0.5) is 0 Å². The van der Waals surface area contributed by atoms with Gasteiger partial charge in [0, 0.05) is 13.0 Å². The largest absolute Gasteiger partial charge is 0.543 e. The zero-order chi connectivity index (χ0) is 12.0. The van der Waals surface area contributed by atoms with E-state index < -0.39 is 5.97 Å². The summed E-state index contributed by atoms with van der Waals surface area (Å²) in [5, 5.41) is 10.6. The molecule has 0 unspecified atom stereocenters. The Bertz CT molecular complexity index is 373. The summed E-state index contributed by atoms with van der Waals surface area (Å²) in [6.07, 6.45) is 4.36. The Morgan fingerprint density at radius 1 is 1.50 bits per heavy atom. The van der Waals surface area contributed by atoms with Crippen molar-refractivity contribution in [1.29, 1.82) is 0 Å². The van der Waals surface area contributed by atoms with E-state index in [9.17, 15) is 14.7 Å². The summed E-state index contributed by atoms with van der Waals surface area (Å²) >= 11 is 0. The third kappa shape index (κ3) is 3.38. The molecule has 0 saturated carbocycles. The quantitative estimate of drug-likeness (QED) is 0.485. The zero-order valence-corrected chi connectivity index (χ0v) is 9.01. The molecular weight excluding hydrogens is 212 g/mol. The van der Waals surface area contributed by atoms with Crippen LogP contribution < -0.4 is 5.11 Å². The first kappa shape index (κ1) is 12.2. The van der Waals surface area contributed by atoms with Crippen molar-refractivity contribution in [2.24, 2.45) is 0 Å². The molecule has 0 amide bonds. The Morgan fingerprint density at radius 2 is 2.25 bits per heavy atom. The van der Waals surface area contributed by atoms with Crippen LogP contribution in [0.25, 0.3) is 0 Å². The number of esters is 1. The Kier molecular flexibility index (Phi) is 4.50. The molecule has 1 aromatic heterocycles. The first-order chi connectivity index (χ1) is 7.65. The molecule has 16 heavy (non-hydrogen) atoms. The number of carboxylic acid groups (broad SMARTS) is 1. The maximum atomic E-state index is 10.8. The number of imidazole rings is 1. The average Bonchev–Trinajstić information content (AvgIpc) is 2.72. The molecule has 0 fully saturated rings. The molecular formula is C10H13N2O4-. The molecule has 88 valence electrons. The van der Waals surface area contributed by atoms with Gasteiger partial charge in [-0.3, -0.25) is 4.79 Å². The van der Waals surface area contributed by atoms with E-state index in [2.05, 4.69) is 9.72 Å². The van der Waals surface area contributed by atoms with Crippen LogP contribution >= 0.6 is 0 Å². The maximum absolute atomic E-state index is 10.8. The van der Waals surface area contributed by atoms with Gasteiger partial charge < -0.3 is 19.2 Å². The molecule has 0 aliphatic rings.